The second-order valence-electron chi connectivity index (χ2n) is 5.39. The molecule has 0 radical (unpaired) electrons. The van der Waals surface area contributed by atoms with Gasteiger partial charge >= 0.3 is 5.97 Å². The van der Waals surface area contributed by atoms with Gasteiger partial charge in [-0.25, -0.2) is 4.79 Å². The third-order valence-electron chi connectivity index (χ3n) is 3.87. The van der Waals surface area contributed by atoms with Crippen LogP contribution in [0.2, 0.25) is 0 Å². The highest BCUT2D eigenvalue weighted by Crippen LogP contribution is 2.19. The Labute approximate surface area is 131 Å². The Morgan fingerprint density at radius 2 is 1.86 bits per heavy atom. The third-order valence-corrected chi connectivity index (χ3v) is 3.87. The van der Waals surface area contributed by atoms with E-state index in [0.29, 0.717) is 25.7 Å². The SMILES string of the molecule is CCCC(CC)(NC(=O)CCc1ccc(OC)cc1)C(=O)O. The average Bonchev–Trinajstić information content (AvgIpc) is 2.52. The van der Waals surface area contributed by atoms with Crippen LogP contribution in [-0.4, -0.2) is 29.6 Å². The van der Waals surface area contributed by atoms with E-state index in [1.807, 2.05) is 31.2 Å². The van der Waals surface area contributed by atoms with E-state index in [9.17, 15) is 14.7 Å². The number of carbonyl (C=O) groups excluding carboxylic acids is 1. The number of hydrogen-bond acceptors (Lipinski definition) is 3. The number of aliphatic carboxylic acids is 1. The fourth-order valence-corrected chi connectivity index (χ4v) is 2.45. The van der Waals surface area contributed by atoms with Crippen molar-refractivity contribution < 1.29 is 19.4 Å². The molecule has 1 aromatic carbocycles. The molecule has 0 bridgehead atoms. The van der Waals surface area contributed by atoms with E-state index in [2.05, 4.69) is 5.32 Å². The van der Waals surface area contributed by atoms with Gasteiger partial charge < -0.3 is 15.2 Å². The highest BCUT2D eigenvalue weighted by molar-refractivity contribution is 5.87. The molecule has 22 heavy (non-hydrogen) atoms. The van der Waals surface area contributed by atoms with Gasteiger partial charge in [0.25, 0.3) is 0 Å². The lowest BCUT2D eigenvalue weighted by Gasteiger charge is -2.29. The number of carbonyl (C=O) groups is 2. The first kappa shape index (κ1) is 18.0. The number of nitrogens with one attached hydrogen (secondary N) is 1. The first-order chi connectivity index (χ1) is 10.5. The van der Waals surface area contributed by atoms with Gasteiger partial charge in [0.1, 0.15) is 11.3 Å². The predicted octanol–water partition coefficient (Wildman–Crippen LogP) is 2.78. The second-order valence-corrected chi connectivity index (χ2v) is 5.39. The standard InChI is InChI=1S/C17H25NO4/c1-4-12-17(5-2,16(20)21)18-15(19)11-8-13-6-9-14(22-3)10-7-13/h6-7,9-10H,4-5,8,11-12H2,1-3H3,(H,18,19)(H,20,21). The number of benzene rings is 1. The van der Waals surface area contributed by atoms with Crippen LogP contribution in [0.4, 0.5) is 0 Å². The number of carboxylic acid groups (broad SMARTS) is 1. The van der Waals surface area contributed by atoms with Gasteiger partial charge in [0.05, 0.1) is 7.11 Å². The molecule has 1 amide bonds. The zero-order chi connectivity index (χ0) is 16.6. The van der Waals surface area contributed by atoms with Crippen LogP contribution >= 0.6 is 0 Å². The molecule has 1 atom stereocenters. The minimum absolute atomic E-state index is 0.228. The summed E-state index contributed by atoms with van der Waals surface area (Å²) in [5.41, 5.74) is -0.130. The first-order valence-corrected chi connectivity index (χ1v) is 7.64. The average molecular weight is 307 g/mol. The highest BCUT2D eigenvalue weighted by atomic mass is 16.5. The molecule has 1 aromatic rings. The van der Waals surface area contributed by atoms with Crippen LogP contribution in [-0.2, 0) is 16.0 Å². The zero-order valence-electron chi connectivity index (χ0n) is 13.5. The van der Waals surface area contributed by atoms with Crippen molar-refractivity contribution in [3.05, 3.63) is 29.8 Å². The molecule has 0 saturated heterocycles. The minimum atomic E-state index is -1.15. The van der Waals surface area contributed by atoms with E-state index >= 15 is 0 Å². The van der Waals surface area contributed by atoms with E-state index in [4.69, 9.17) is 4.74 Å². The summed E-state index contributed by atoms with van der Waals surface area (Å²) in [5.74, 6) is -0.421. The van der Waals surface area contributed by atoms with Crippen molar-refractivity contribution in [2.75, 3.05) is 7.11 Å². The summed E-state index contributed by atoms with van der Waals surface area (Å²) >= 11 is 0. The van der Waals surface area contributed by atoms with Gasteiger partial charge in [-0.05, 0) is 37.0 Å². The molecular weight excluding hydrogens is 282 g/mol. The lowest BCUT2D eigenvalue weighted by Crippen LogP contribution is -2.54. The highest BCUT2D eigenvalue weighted by Gasteiger charge is 2.36. The molecule has 0 aliphatic heterocycles. The largest absolute Gasteiger partial charge is 0.497 e. The summed E-state index contributed by atoms with van der Waals surface area (Å²) in [6, 6.07) is 7.50. The summed E-state index contributed by atoms with van der Waals surface area (Å²) in [6.07, 6.45) is 2.36. The molecule has 5 heteroatoms. The monoisotopic (exact) mass is 307 g/mol. The van der Waals surface area contributed by atoms with Gasteiger partial charge in [-0.1, -0.05) is 32.4 Å². The topological polar surface area (TPSA) is 75.6 Å². The van der Waals surface area contributed by atoms with Crippen LogP contribution in [0.15, 0.2) is 24.3 Å². The van der Waals surface area contributed by atoms with Crippen molar-refractivity contribution >= 4 is 11.9 Å². The van der Waals surface area contributed by atoms with Crippen LogP contribution in [0, 0.1) is 0 Å². The number of hydrogen-bond donors (Lipinski definition) is 2. The van der Waals surface area contributed by atoms with E-state index in [1.54, 1.807) is 14.0 Å². The fraction of sp³-hybridized carbons (Fsp3) is 0.529. The number of ether oxygens (including phenoxy) is 1. The molecule has 0 heterocycles. The molecule has 0 aliphatic carbocycles. The molecule has 1 rings (SSSR count). The number of methoxy groups -OCH3 is 1. The van der Waals surface area contributed by atoms with Gasteiger partial charge in [0.15, 0.2) is 0 Å². The smallest absolute Gasteiger partial charge is 0.329 e. The quantitative estimate of drug-likeness (QED) is 0.735. The molecule has 0 aliphatic rings. The molecular formula is C17H25NO4. The Hall–Kier alpha value is -2.04. The summed E-state index contributed by atoms with van der Waals surface area (Å²) in [6.45, 7) is 3.70. The van der Waals surface area contributed by atoms with E-state index in [-0.39, 0.29) is 12.3 Å². The molecule has 1 unspecified atom stereocenters. The maximum absolute atomic E-state index is 12.1. The Morgan fingerprint density at radius 3 is 2.32 bits per heavy atom. The summed E-state index contributed by atoms with van der Waals surface area (Å²) in [5, 5.41) is 12.1. The molecule has 0 aromatic heterocycles. The van der Waals surface area contributed by atoms with Crippen molar-refractivity contribution in [1.82, 2.24) is 5.32 Å². The van der Waals surface area contributed by atoms with Crippen LogP contribution in [0.1, 0.15) is 45.1 Å². The Morgan fingerprint density at radius 1 is 1.23 bits per heavy atom. The first-order valence-electron chi connectivity index (χ1n) is 7.64. The number of amides is 1. The van der Waals surface area contributed by atoms with Crippen molar-refractivity contribution in [3.63, 3.8) is 0 Å². The molecule has 0 spiro atoms. The summed E-state index contributed by atoms with van der Waals surface area (Å²) in [7, 11) is 1.60. The van der Waals surface area contributed by atoms with E-state index in [1.165, 1.54) is 0 Å². The Bertz CT molecular complexity index is 498. The fourth-order valence-electron chi connectivity index (χ4n) is 2.45. The van der Waals surface area contributed by atoms with Gasteiger partial charge in [-0.3, -0.25) is 4.79 Å². The van der Waals surface area contributed by atoms with E-state index < -0.39 is 11.5 Å². The molecule has 2 N–H and O–H groups in total. The van der Waals surface area contributed by atoms with Gasteiger partial charge in [-0.15, -0.1) is 0 Å². The van der Waals surface area contributed by atoms with Crippen LogP contribution < -0.4 is 10.1 Å². The number of rotatable bonds is 9. The van der Waals surface area contributed by atoms with Crippen LogP contribution in [0.25, 0.3) is 0 Å². The van der Waals surface area contributed by atoms with Gasteiger partial charge in [0, 0.05) is 6.42 Å². The van der Waals surface area contributed by atoms with Gasteiger partial charge in [-0.2, -0.15) is 0 Å². The molecule has 5 nitrogen and oxygen atoms in total. The summed E-state index contributed by atoms with van der Waals surface area (Å²) < 4.78 is 5.08. The Kier molecular flexibility index (Phi) is 6.89. The molecule has 0 fully saturated rings. The maximum Gasteiger partial charge on any atom is 0.329 e. The lowest BCUT2D eigenvalue weighted by molar-refractivity contribution is -0.148. The van der Waals surface area contributed by atoms with Crippen molar-refractivity contribution in [2.24, 2.45) is 0 Å². The van der Waals surface area contributed by atoms with Crippen LogP contribution in [0.5, 0.6) is 5.75 Å². The van der Waals surface area contributed by atoms with Crippen LogP contribution in [0.3, 0.4) is 0 Å². The zero-order valence-corrected chi connectivity index (χ0v) is 13.5. The number of carboxylic acids is 1. The second kappa shape index (κ2) is 8.41. The molecule has 0 saturated carbocycles. The van der Waals surface area contributed by atoms with Crippen molar-refractivity contribution in [1.29, 1.82) is 0 Å². The van der Waals surface area contributed by atoms with Gasteiger partial charge in [0.2, 0.25) is 5.91 Å². The minimum Gasteiger partial charge on any atom is -0.497 e. The normalized spacial score (nSPS) is 13.2. The lowest BCUT2D eigenvalue weighted by atomic mass is 9.90. The van der Waals surface area contributed by atoms with E-state index in [0.717, 1.165) is 11.3 Å². The Balaban J connectivity index is 2.61. The molecule has 122 valence electrons. The maximum atomic E-state index is 12.1. The van der Waals surface area contributed by atoms with Crippen molar-refractivity contribution in [2.45, 2.75) is 51.5 Å². The number of aryl methyl sites for hydroxylation is 1. The predicted molar refractivity (Wildman–Crippen MR) is 85.0 cm³/mol. The van der Waals surface area contributed by atoms with Crippen molar-refractivity contribution in [3.8, 4) is 5.75 Å². The summed E-state index contributed by atoms with van der Waals surface area (Å²) in [4.78, 5) is 23.6. The third kappa shape index (κ3) is 4.76.